The van der Waals surface area contributed by atoms with Crippen LogP contribution in [0.4, 0.5) is 16.3 Å². The van der Waals surface area contributed by atoms with Crippen molar-refractivity contribution in [1.29, 1.82) is 0 Å². The highest BCUT2D eigenvalue weighted by Crippen LogP contribution is 2.31. The molecule has 0 aliphatic rings. The third kappa shape index (κ3) is 9.59. The van der Waals surface area contributed by atoms with E-state index in [0.29, 0.717) is 41.5 Å². The topological polar surface area (TPSA) is 147 Å². The molecule has 0 fully saturated rings. The Balaban J connectivity index is 2.11. The van der Waals surface area contributed by atoms with E-state index in [1.165, 1.54) is 0 Å². The predicted molar refractivity (Wildman–Crippen MR) is 129 cm³/mol. The summed E-state index contributed by atoms with van der Waals surface area (Å²) in [5, 5.41) is 24.3. The highest BCUT2D eigenvalue weighted by atomic mass is 16.6. The van der Waals surface area contributed by atoms with Crippen molar-refractivity contribution < 1.29 is 24.2 Å². The van der Waals surface area contributed by atoms with Gasteiger partial charge in [-0.25, -0.2) is 10.2 Å². The molecule has 2 rings (SSSR count). The first-order valence-electron chi connectivity index (χ1n) is 10.9. The fourth-order valence-electron chi connectivity index (χ4n) is 2.64. The molecule has 2 amide bonds. The van der Waals surface area contributed by atoms with Gasteiger partial charge in [0.2, 0.25) is 6.41 Å². The molecular formula is C23H34N6O5. The Hall–Kier alpha value is -3.44. The molecule has 0 aliphatic carbocycles. The monoisotopic (exact) mass is 474 g/mol. The van der Waals surface area contributed by atoms with Crippen molar-refractivity contribution in [1.82, 2.24) is 20.9 Å². The van der Waals surface area contributed by atoms with Crippen LogP contribution in [0.2, 0.25) is 0 Å². The minimum Gasteiger partial charge on any atom is -0.490 e. The van der Waals surface area contributed by atoms with Crippen molar-refractivity contribution in [3.05, 3.63) is 30.3 Å². The van der Waals surface area contributed by atoms with Gasteiger partial charge in [0.1, 0.15) is 24.1 Å². The van der Waals surface area contributed by atoms with Crippen molar-refractivity contribution in [3.8, 4) is 17.0 Å². The number of aromatic nitrogens is 2. The first-order chi connectivity index (χ1) is 15.9. The standard InChI is InChI=1S/C23H34N6O5/c1-22(2,3)25-12-16(31)13-33-19-9-7-15(24-14-30)11-17(19)18-8-10-20(27-26-18)28-29-21(32)34-23(4,5)6/h7-11,14,16,25,31H,12-13H2,1-6H3,(H,24,30)(H,27,28)(H,29,32). The number of aliphatic hydroxyl groups excluding tert-OH is 1. The van der Waals surface area contributed by atoms with Gasteiger partial charge in [-0.15, -0.1) is 10.2 Å². The number of hydrazine groups is 1. The summed E-state index contributed by atoms with van der Waals surface area (Å²) in [5.41, 5.74) is 5.84. The fourth-order valence-corrected chi connectivity index (χ4v) is 2.64. The van der Waals surface area contributed by atoms with Gasteiger partial charge in [-0.3, -0.25) is 10.2 Å². The normalized spacial score (nSPS) is 12.4. The number of aliphatic hydroxyl groups is 1. The van der Waals surface area contributed by atoms with E-state index in [1.54, 1.807) is 51.1 Å². The zero-order valence-corrected chi connectivity index (χ0v) is 20.4. The zero-order chi connectivity index (χ0) is 25.4. The van der Waals surface area contributed by atoms with Crippen LogP contribution in [-0.4, -0.2) is 58.2 Å². The largest absolute Gasteiger partial charge is 0.490 e. The van der Waals surface area contributed by atoms with E-state index < -0.39 is 17.8 Å². The van der Waals surface area contributed by atoms with Crippen LogP contribution < -0.4 is 26.2 Å². The molecule has 0 spiro atoms. The van der Waals surface area contributed by atoms with Crippen LogP contribution in [0, 0.1) is 0 Å². The molecule has 11 nitrogen and oxygen atoms in total. The van der Waals surface area contributed by atoms with E-state index in [4.69, 9.17) is 9.47 Å². The lowest BCUT2D eigenvalue weighted by atomic mass is 10.1. The number of ether oxygens (including phenoxy) is 2. The molecule has 11 heteroatoms. The molecular weight excluding hydrogens is 440 g/mol. The van der Waals surface area contributed by atoms with Crippen LogP contribution in [0.3, 0.4) is 0 Å². The Morgan fingerprint density at radius 2 is 1.85 bits per heavy atom. The minimum atomic E-state index is -0.726. The van der Waals surface area contributed by atoms with Crippen molar-refractivity contribution >= 4 is 24.0 Å². The highest BCUT2D eigenvalue weighted by Gasteiger charge is 2.17. The second-order valence-corrected chi connectivity index (χ2v) is 9.62. The number of hydrogen-bond acceptors (Lipinski definition) is 9. The Labute approximate surface area is 199 Å². The smallest absolute Gasteiger partial charge is 0.426 e. The van der Waals surface area contributed by atoms with Crippen molar-refractivity contribution in [2.75, 3.05) is 23.9 Å². The van der Waals surface area contributed by atoms with E-state index in [2.05, 4.69) is 31.7 Å². The zero-order valence-electron chi connectivity index (χ0n) is 20.4. The number of hydrogen-bond donors (Lipinski definition) is 5. The van der Waals surface area contributed by atoms with Gasteiger partial charge in [-0.1, -0.05) is 0 Å². The number of carbonyl (C=O) groups excluding carboxylic acids is 2. The summed E-state index contributed by atoms with van der Waals surface area (Å²) >= 11 is 0. The van der Waals surface area contributed by atoms with E-state index in [0.717, 1.165) is 0 Å². The summed E-state index contributed by atoms with van der Waals surface area (Å²) in [7, 11) is 0. The third-order valence-corrected chi connectivity index (χ3v) is 4.14. The fraction of sp³-hybridized carbons (Fsp3) is 0.478. The van der Waals surface area contributed by atoms with Gasteiger partial charge < -0.3 is 25.2 Å². The highest BCUT2D eigenvalue weighted by molar-refractivity contribution is 5.78. The minimum absolute atomic E-state index is 0.0589. The molecule has 1 unspecified atom stereocenters. The number of carbonyl (C=O) groups is 2. The van der Waals surface area contributed by atoms with Crippen molar-refractivity contribution in [2.45, 2.75) is 58.8 Å². The van der Waals surface area contributed by atoms with Crippen LogP contribution >= 0.6 is 0 Å². The first kappa shape index (κ1) is 26.8. The number of amides is 2. The molecule has 34 heavy (non-hydrogen) atoms. The number of nitrogens with one attached hydrogen (secondary N) is 4. The molecule has 0 saturated heterocycles. The van der Waals surface area contributed by atoms with Crippen LogP contribution in [0.15, 0.2) is 30.3 Å². The molecule has 5 N–H and O–H groups in total. The third-order valence-electron chi connectivity index (χ3n) is 4.14. The summed E-state index contributed by atoms with van der Waals surface area (Å²) in [6.45, 7) is 11.7. The summed E-state index contributed by atoms with van der Waals surface area (Å²) in [6, 6.07) is 8.35. The molecule has 1 aromatic heterocycles. The number of rotatable bonds is 10. The molecule has 2 aromatic rings. The molecule has 1 aromatic carbocycles. The van der Waals surface area contributed by atoms with Gasteiger partial charge in [0.05, 0.1) is 5.69 Å². The Morgan fingerprint density at radius 3 is 2.44 bits per heavy atom. The van der Waals surface area contributed by atoms with Gasteiger partial charge in [-0.05, 0) is 71.9 Å². The molecule has 186 valence electrons. The quantitative estimate of drug-likeness (QED) is 0.259. The average molecular weight is 475 g/mol. The maximum absolute atomic E-state index is 11.8. The maximum atomic E-state index is 11.8. The Morgan fingerprint density at radius 1 is 1.12 bits per heavy atom. The summed E-state index contributed by atoms with van der Waals surface area (Å²) in [5.74, 6) is 0.760. The predicted octanol–water partition coefficient (Wildman–Crippen LogP) is 2.69. The Kier molecular flexibility index (Phi) is 9.16. The summed E-state index contributed by atoms with van der Waals surface area (Å²) in [6.07, 6.45) is -0.805. The van der Waals surface area contributed by atoms with Gasteiger partial charge in [0, 0.05) is 23.3 Å². The lowest BCUT2D eigenvalue weighted by molar-refractivity contribution is -0.105. The number of nitrogens with zero attached hydrogens (tertiary/aromatic N) is 2. The SMILES string of the molecule is CC(C)(C)NCC(O)COc1ccc(NC=O)cc1-c1ccc(NNC(=O)OC(C)(C)C)nn1. The van der Waals surface area contributed by atoms with Crippen LogP contribution in [0.25, 0.3) is 11.3 Å². The number of anilines is 2. The second kappa shape index (κ2) is 11.6. The first-order valence-corrected chi connectivity index (χ1v) is 10.9. The molecule has 0 aliphatic heterocycles. The van der Waals surface area contributed by atoms with Gasteiger partial charge in [-0.2, -0.15) is 0 Å². The van der Waals surface area contributed by atoms with Crippen LogP contribution in [-0.2, 0) is 9.53 Å². The van der Waals surface area contributed by atoms with Crippen LogP contribution in [0.5, 0.6) is 5.75 Å². The Bertz CT molecular complexity index is 954. The molecule has 0 radical (unpaired) electrons. The van der Waals surface area contributed by atoms with Gasteiger partial charge in [0.25, 0.3) is 0 Å². The van der Waals surface area contributed by atoms with Crippen LogP contribution in [0.1, 0.15) is 41.5 Å². The van der Waals surface area contributed by atoms with Gasteiger partial charge in [0.15, 0.2) is 5.82 Å². The lowest BCUT2D eigenvalue weighted by Gasteiger charge is -2.23. The lowest BCUT2D eigenvalue weighted by Crippen LogP contribution is -2.42. The molecule has 0 saturated carbocycles. The van der Waals surface area contributed by atoms with E-state index in [9.17, 15) is 14.7 Å². The van der Waals surface area contributed by atoms with E-state index in [-0.39, 0.29) is 12.1 Å². The van der Waals surface area contributed by atoms with Crippen molar-refractivity contribution in [3.63, 3.8) is 0 Å². The molecule has 0 bridgehead atoms. The second-order valence-electron chi connectivity index (χ2n) is 9.62. The molecule has 1 atom stereocenters. The summed E-state index contributed by atoms with van der Waals surface area (Å²) in [4.78, 5) is 22.6. The van der Waals surface area contributed by atoms with Crippen molar-refractivity contribution in [2.24, 2.45) is 0 Å². The number of β-amino-alcohol motifs (C(OH)–C–C–N with tert-alkyl or cyclic N) is 1. The summed E-state index contributed by atoms with van der Waals surface area (Å²) < 4.78 is 11.0. The van der Waals surface area contributed by atoms with E-state index in [1.807, 2.05) is 20.8 Å². The van der Waals surface area contributed by atoms with E-state index >= 15 is 0 Å². The molecule has 1 heterocycles. The van der Waals surface area contributed by atoms with Gasteiger partial charge >= 0.3 is 6.09 Å². The maximum Gasteiger partial charge on any atom is 0.426 e. The number of benzene rings is 1. The average Bonchev–Trinajstić information content (AvgIpc) is 2.74.